The van der Waals surface area contributed by atoms with Crippen LogP contribution in [0.25, 0.3) is 0 Å². The summed E-state index contributed by atoms with van der Waals surface area (Å²) >= 11 is 11.8. The largest absolute Gasteiger partial charge is 0.493 e. The Bertz CT molecular complexity index is 921. The molecule has 0 spiro atoms. The number of methoxy groups -OCH3 is 1. The molecule has 0 bridgehead atoms. The van der Waals surface area contributed by atoms with E-state index >= 15 is 0 Å². The average molecular weight is 454 g/mol. The van der Waals surface area contributed by atoms with Crippen molar-refractivity contribution < 1.29 is 23.8 Å². The van der Waals surface area contributed by atoms with Gasteiger partial charge in [-0.2, -0.15) is 5.10 Å². The van der Waals surface area contributed by atoms with Gasteiger partial charge in [-0.05, 0) is 48.4 Å². The van der Waals surface area contributed by atoms with E-state index in [9.17, 15) is 9.59 Å². The molecule has 2 aromatic rings. The molecule has 0 aliphatic carbocycles. The van der Waals surface area contributed by atoms with E-state index in [-0.39, 0.29) is 18.9 Å². The van der Waals surface area contributed by atoms with Crippen LogP contribution < -0.4 is 25.4 Å². The van der Waals surface area contributed by atoms with E-state index < -0.39 is 5.91 Å². The SMILES string of the molecule is COc1cc(/C=N/NC(=O)CCCOc2ccc(Cl)cc2Cl)ccc1OCC(N)=O. The zero-order chi connectivity index (χ0) is 21.9. The number of ether oxygens (including phenoxy) is 3. The number of hydrogen-bond acceptors (Lipinski definition) is 6. The number of carbonyl (C=O) groups is 2. The average Bonchev–Trinajstić information content (AvgIpc) is 2.71. The third-order valence-corrected chi connectivity index (χ3v) is 4.19. The van der Waals surface area contributed by atoms with Gasteiger partial charge in [0.2, 0.25) is 5.91 Å². The lowest BCUT2D eigenvalue weighted by Gasteiger charge is -2.09. The van der Waals surface area contributed by atoms with Gasteiger partial charge in [0.15, 0.2) is 18.1 Å². The summed E-state index contributed by atoms with van der Waals surface area (Å²) in [5.74, 6) is 0.442. The quantitative estimate of drug-likeness (QED) is 0.308. The number of nitrogens with zero attached hydrogens (tertiary/aromatic N) is 1. The lowest BCUT2D eigenvalue weighted by Crippen LogP contribution is -2.20. The molecule has 0 fully saturated rings. The van der Waals surface area contributed by atoms with Crippen LogP contribution >= 0.6 is 23.2 Å². The molecule has 0 aromatic heterocycles. The van der Waals surface area contributed by atoms with Crippen LogP contribution in [0.2, 0.25) is 10.0 Å². The first-order valence-electron chi connectivity index (χ1n) is 8.88. The topological polar surface area (TPSA) is 112 Å². The Morgan fingerprint density at radius 3 is 2.57 bits per heavy atom. The summed E-state index contributed by atoms with van der Waals surface area (Å²) in [5, 5.41) is 4.85. The van der Waals surface area contributed by atoms with Crippen molar-refractivity contribution in [2.24, 2.45) is 10.8 Å². The van der Waals surface area contributed by atoms with Gasteiger partial charge in [-0.3, -0.25) is 9.59 Å². The zero-order valence-electron chi connectivity index (χ0n) is 16.2. The van der Waals surface area contributed by atoms with Crippen molar-refractivity contribution in [3.05, 3.63) is 52.0 Å². The second-order valence-corrected chi connectivity index (χ2v) is 6.83. The highest BCUT2D eigenvalue weighted by Gasteiger charge is 2.07. The lowest BCUT2D eigenvalue weighted by molar-refractivity contribution is -0.121. The molecule has 8 nitrogen and oxygen atoms in total. The van der Waals surface area contributed by atoms with Crippen molar-refractivity contribution in [1.29, 1.82) is 0 Å². The van der Waals surface area contributed by atoms with Crippen molar-refractivity contribution >= 4 is 41.2 Å². The molecular weight excluding hydrogens is 433 g/mol. The van der Waals surface area contributed by atoms with Crippen LogP contribution in [-0.4, -0.2) is 38.4 Å². The fourth-order valence-corrected chi connectivity index (χ4v) is 2.74. The minimum absolute atomic E-state index is 0.228. The van der Waals surface area contributed by atoms with Crippen LogP contribution in [0.15, 0.2) is 41.5 Å². The minimum atomic E-state index is -0.591. The molecule has 2 rings (SSSR count). The Morgan fingerprint density at radius 1 is 1.10 bits per heavy atom. The van der Waals surface area contributed by atoms with Gasteiger partial charge in [-0.1, -0.05) is 23.2 Å². The van der Waals surface area contributed by atoms with Crippen LogP contribution in [0.5, 0.6) is 17.2 Å². The van der Waals surface area contributed by atoms with Crippen LogP contribution in [0.4, 0.5) is 0 Å². The number of nitrogens with two attached hydrogens (primary N) is 1. The van der Waals surface area contributed by atoms with Crippen LogP contribution in [0.3, 0.4) is 0 Å². The number of carbonyl (C=O) groups excluding carboxylic acids is 2. The maximum absolute atomic E-state index is 11.9. The van der Waals surface area contributed by atoms with Crippen molar-refractivity contribution in [2.75, 3.05) is 20.3 Å². The van der Waals surface area contributed by atoms with Gasteiger partial charge in [0, 0.05) is 11.4 Å². The summed E-state index contributed by atoms with van der Waals surface area (Å²) < 4.78 is 16.0. The van der Waals surface area contributed by atoms with Crippen LogP contribution in [-0.2, 0) is 9.59 Å². The molecule has 30 heavy (non-hydrogen) atoms. The van der Waals surface area contributed by atoms with E-state index in [0.29, 0.717) is 45.9 Å². The Balaban J connectivity index is 1.76. The summed E-state index contributed by atoms with van der Waals surface area (Å²) in [6.07, 6.45) is 2.17. The number of hydrogen-bond donors (Lipinski definition) is 2. The monoisotopic (exact) mass is 453 g/mol. The first-order valence-corrected chi connectivity index (χ1v) is 9.63. The fourth-order valence-electron chi connectivity index (χ4n) is 2.27. The molecule has 2 amide bonds. The van der Waals surface area contributed by atoms with Crippen LogP contribution in [0.1, 0.15) is 18.4 Å². The highest BCUT2D eigenvalue weighted by atomic mass is 35.5. The van der Waals surface area contributed by atoms with Crippen molar-refractivity contribution in [1.82, 2.24) is 5.43 Å². The number of amides is 2. The van der Waals surface area contributed by atoms with E-state index in [2.05, 4.69) is 10.5 Å². The number of hydrazone groups is 1. The van der Waals surface area contributed by atoms with Crippen molar-refractivity contribution in [3.63, 3.8) is 0 Å². The molecule has 0 radical (unpaired) electrons. The second kappa shape index (κ2) is 11.9. The first-order chi connectivity index (χ1) is 14.4. The van der Waals surface area contributed by atoms with E-state index in [1.807, 2.05) is 0 Å². The molecule has 0 aliphatic heterocycles. The predicted octanol–water partition coefficient (Wildman–Crippen LogP) is 3.18. The molecule has 0 aliphatic rings. The molecule has 10 heteroatoms. The molecule has 3 N–H and O–H groups in total. The third kappa shape index (κ3) is 7.81. The first kappa shape index (κ1) is 23.3. The van der Waals surface area contributed by atoms with Crippen molar-refractivity contribution in [3.8, 4) is 17.2 Å². The highest BCUT2D eigenvalue weighted by molar-refractivity contribution is 6.35. The van der Waals surface area contributed by atoms with Gasteiger partial charge >= 0.3 is 0 Å². The molecule has 0 heterocycles. The van der Waals surface area contributed by atoms with E-state index in [0.717, 1.165) is 0 Å². The Hall–Kier alpha value is -2.97. The number of halogens is 2. The van der Waals surface area contributed by atoms with E-state index in [1.165, 1.54) is 13.3 Å². The standard InChI is InChI=1S/C20H21Cl2N3O5/c1-28-18-9-13(4-6-17(18)30-12-19(23)26)11-24-25-20(27)3-2-8-29-16-7-5-14(21)10-15(16)22/h4-7,9-11H,2-3,8,12H2,1H3,(H2,23,26)(H,25,27)/b24-11+. The number of primary amides is 1. The molecule has 2 aromatic carbocycles. The van der Waals surface area contributed by atoms with Gasteiger partial charge in [0.25, 0.3) is 5.91 Å². The molecule has 0 atom stereocenters. The van der Waals surface area contributed by atoms with Crippen molar-refractivity contribution in [2.45, 2.75) is 12.8 Å². The maximum atomic E-state index is 11.9. The fraction of sp³-hybridized carbons (Fsp3) is 0.250. The Kier molecular flexibility index (Phi) is 9.24. The number of benzene rings is 2. The van der Waals surface area contributed by atoms with Gasteiger partial charge in [0.1, 0.15) is 5.75 Å². The summed E-state index contributed by atoms with van der Waals surface area (Å²) in [4.78, 5) is 22.7. The normalized spacial score (nSPS) is 10.6. The van der Waals surface area contributed by atoms with Gasteiger partial charge in [-0.25, -0.2) is 5.43 Å². The molecule has 160 valence electrons. The highest BCUT2D eigenvalue weighted by Crippen LogP contribution is 2.28. The Morgan fingerprint density at radius 2 is 1.87 bits per heavy atom. The lowest BCUT2D eigenvalue weighted by atomic mass is 10.2. The van der Waals surface area contributed by atoms with E-state index in [4.69, 9.17) is 43.1 Å². The van der Waals surface area contributed by atoms with Gasteiger partial charge in [-0.15, -0.1) is 0 Å². The summed E-state index contributed by atoms with van der Waals surface area (Å²) in [6, 6.07) is 9.90. The summed E-state index contributed by atoms with van der Waals surface area (Å²) in [5.41, 5.74) is 8.16. The number of nitrogens with one attached hydrogen (secondary N) is 1. The predicted molar refractivity (Wildman–Crippen MR) is 115 cm³/mol. The Labute approximate surface area is 183 Å². The molecule has 0 unspecified atom stereocenters. The molecule has 0 saturated heterocycles. The maximum Gasteiger partial charge on any atom is 0.255 e. The minimum Gasteiger partial charge on any atom is -0.493 e. The van der Waals surface area contributed by atoms with Gasteiger partial charge in [0.05, 0.1) is 25.0 Å². The zero-order valence-corrected chi connectivity index (χ0v) is 17.7. The molecule has 0 saturated carbocycles. The molecular formula is C20H21Cl2N3O5. The number of rotatable bonds is 11. The third-order valence-electron chi connectivity index (χ3n) is 3.66. The van der Waals surface area contributed by atoms with Gasteiger partial charge < -0.3 is 19.9 Å². The van der Waals surface area contributed by atoms with E-state index in [1.54, 1.807) is 36.4 Å². The second-order valence-electron chi connectivity index (χ2n) is 5.99. The summed E-state index contributed by atoms with van der Waals surface area (Å²) in [6.45, 7) is 0.0657. The smallest absolute Gasteiger partial charge is 0.255 e. The summed E-state index contributed by atoms with van der Waals surface area (Å²) in [7, 11) is 1.47. The van der Waals surface area contributed by atoms with Crippen LogP contribution in [0, 0.1) is 0 Å².